The highest BCUT2D eigenvalue weighted by Gasteiger charge is 2.29. The molecule has 1 aliphatic carbocycles. The first-order valence-corrected chi connectivity index (χ1v) is 8.58. The molecular formula is C18H23N3O3. The zero-order valence-electron chi connectivity index (χ0n) is 13.7. The molecular weight excluding hydrogens is 306 g/mol. The van der Waals surface area contributed by atoms with E-state index in [1.54, 1.807) is 28.0 Å². The lowest BCUT2D eigenvalue weighted by molar-refractivity contribution is -0.120. The second kappa shape index (κ2) is 7.47. The van der Waals surface area contributed by atoms with Crippen molar-refractivity contribution in [3.05, 3.63) is 29.8 Å². The van der Waals surface area contributed by atoms with Gasteiger partial charge in [0.05, 0.1) is 0 Å². The lowest BCUT2D eigenvalue weighted by Crippen LogP contribution is -2.56. The van der Waals surface area contributed by atoms with Gasteiger partial charge in [0.15, 0.2) is 0 Å². The van der Waals surface area contributed by atoms with Gasteiger partial charge < -0.3 is 15.1 Å². The fourth-order valence-corrected chi connectivity index (χ4v) is 3.40. The van der Waals surface area contributed by atoms with Crippen LogP contribution in [0, 0.1) is 0 Å². The van der Waals surface area contributed by atoms with Gasteiger partial charge in [-0.2, -0.15) is 0 Å². The van der Waals surface area contributed by atoms with Crippen LogP contribution in [0.1, 0.15) is 42.5 Å². The fraction of sp³-hybridized carbons (Fsp3) is 0.500. The van der Waals surface area contributed by atoms with Crippen molar-refractivity contribution in [1.82, 2.24) is 10.2 Å². The molecule has 3 amide bonds. The maximum atomic E-state index is 12.4. The van der Waals surface area contributed by atoms with Crippen LogP contribution in [0.4, 0.5) is 10.5 Å². The molecule has 0 radical (unpaired) electrons. The smallest absolute Gasteiger partial charge is 0.318 e. The molecule has 24 heavy (non-hydrogen) atoms. The van der Waals surface area contributed by atoms with E-state index in [0.29, 0.717) is 24.3 Å². The third-order valence-corrected chi connectivity index (χ3v) is 4.76. The third kappa shape index (κ3) is 3.75. The van der Waals surface area contributed by atoms with E-state index in [1.165, 1.54) is 6.42 Å². The molecule has 1 saturated heterocycles. The largest absolute Gasteiger partial charge is 0.335 e. The number of nitrogens with zero attached hydrogens (tertiary/aromatic N) is 2. The minimum absolute atomic E-state index is 0.0733. The van der Waals surface area contributed by atoms with Crippen molar-refractivity contribution < 1.29 is 14.4 Å². The van der Waals surface area contributed by atoms with E-state index >= 15 is 0 Å². The van der Waals surface area contributed by atoms with E-state index in [1.807, 2.05) is 6.07 Å². The molecule has 2 aliphatic rings. The Morgan fingerprint density at radius 2 is 1.96 bits per heavy atom. The first-order valence-electron chi connectivity index (χ1n) is 8.58. The van der Waals surface area contributed by atoms with Crippen molar-refractivity contribution in [3.63, 3.8) is 0 Å². The lowest BCUT2D eigenvalue weighted by atomic mass is 9.96. The Morgan fingerprint density at radius 1 is 1.17 bits per heavy atom. The zero-order chi connectivity index (χ0) is 16.9. The number of carbonyl (C=O) groups excluding carboxylic acids is 3. The minimum atomic E-state index is -0.142. The van der Waals surface area contributed by atoms with E-state index in [9.17, 15) is 14.4 Å². The predicted octanol–water partition coefficient (Wildman–Crippen LogP) is 2.19. The quantitative estimate of drug-likeness (QED) is 0.864. The monoisotopic (exact) mass is 329 g/mol. The summed E-state index contributed by atoms with van der Waals surface area (Å²) >= 11 is 0. The number of hydrogen-bond donors (Lipinski definition) is 1. The number of amides is 3. The number of nitrogens with one attached hydrogen (secondary N) is 1. The van der Waals surface area contributed by atoms with Crippen LogP contribution in [0.3, 0.4) is 0 Å². The number of piperazine rings is 1. The van der Waals surface area contributed by atoms with Crippen molar-refractivity contribution in [2.75, 3.05) is 24.5 Å². The minimum Gasteiger partial charge on any atom is -0.335 e. The van der Waals surface area contributed by atoms with E-state index in [-0.39, 0.29) is 24.5 Å². The molecule has 1 aliphatic heterocycles. The summed E-state index contributed by atoms with van der Waals surface area (Å²) in [5.74, 6) is -0.122. The zero-order valence-corrected chi connectivity index (χ0v) is 13.7. The molecule has 1 heterocycles. The Balaban J connectivity index is 1.59. The number of carbonyl (C=O) groups is 3. The van der Waals surface area contributed by atoms with Crippen LogP contribution in [0.25, 0.3) is 0 Å². The van der Waals surface area contributed by atoms with Crippen LogP contribution in [0.5, 0.6) is 0 Å². The van der Waals surface area contributed by atoms with E-state index < -0.39 is 0 Å². The topological polar surface area (TPSA) is 69.7 Å². The van der Waals surface area contributed by atoms with Crippen LogP contribution in [0.15, 0.2) is 24.3 Å². The number of anilines is 1. The molecule has 1 saturated carbocycles. The van der Waals surface area contributed by atoms with Crippen molar-refractivity contribution in [1.29, 1.82) is 0 Å². The van der Waals surface area contributed by atoms with Gasteiger partial charge in [0.1, 0.15) is 12.8 Å². The van der Waals surface area contributed by atoms with Crippen molar-refractivity contribution in [2.24, 2.45) is 0 Å². The summed E-state index contributed by atoms with van der Waals surface area (Å²) < 4.78 is 0. The first kappa shape index (κ1) is 16.5. The number of rotatable bonds is 3. The molecule has 1 aromatic rings. The Hall–Kier alpha value is -2.37. The maximum Gasteiger partial charge on any atom is 0.318 e. The summed E-state index contributed by atoms with van der Waals surface area (Å²) in [6.07, 6.45) is 6.37. The maximum absolute atomic E-state index is 12.4. The Morgan fingerprint density at radius 3 is 2.67 bits per heavy atom. The van der Waals surface area contributed by atoms with Crippen molar-refractivity contribution >= 4 is 23.9 Å². The summed E-state index contributed by atoms with van der Waals surface area (Å²) in [6, 6.07) is 7.06. The summed E-state index contributed by atoms with van der Waals surface area (Å²) in [6.45, 7) is 1.01. The van der Waals surface area contributed by atoms with Gasteiger partial charge in [0.25, 0.3) is 0 Å². The van der Waals surface area contributed by atoms with Gasteiger partial charge in [-0.25, -0.2) is 4.79 Å². The second-order valence-corrected chi connectivity index (χ2v) is 6.46. The average molecular weight is 329 g/mol. The van der Waals surface area contributed by atoms with Gasteiger partial charge in [-0.1, -0.05) is 31.4 Å². The molecule has 0 atom stereocenters. The Labute approximate surface area is 141 Å². The summed E-state index contributed by atoms with van der Waals surface area (Å²) in [4.78, 5) is 38.9. The van der Waals surface area contributed by atoms with E-state index in [0.717, 1.165) is 32.0 Å². The summed E-state index contributed by atoms with van der Waals surface area (Å²) in [7, 11) is 0. The summed E-state index contributed by atoms with van der Waals surface area (Å²) in [5.41, 5.74) is 1.25. The number of urea groups is 1. The highest BCUT2D eigenvalue weighted by atomic mass is 16.2. The highest BCUT2D eigenvalue weighted by Crippen LogP contribution is 2.20. The molecule has 6 nitrogen and oxygen atoms in total. The Kier molecular flexibility index (Phi) is 5.13. The summed E-state index contributed by atoms with van der Waals surface area (Å²) in [5, 5.41) is 3.05. The van der Waals surface area contributed by atoms with Crippen LogP contribution in [-0.4, -0.2) is 48.8 Å². The molecule has 3 rings (SSSR count). The van der Waals surface area contributed by atoms with Gasteiger partial charge in [0.2, 0.25) is 5.91 Å². The van der Waals surface area contributed by atoms with Gasteiger partial charge in [0, 0.05) is 30.4 Å². The molecule has 0 aromatic heterocycles. The molecule has 6 heteroatoms. The van der Waals surface area contributed by atoms with Crippen molar-refractivity contribution in [2.45, 2.75) is 38.1 Å². The van der Waals surface area contributed by atoms with Gasteiger partial charge in [-0.05, 0) is 25.0 Å². The molecule has 1 N–H and O–H groups in total. The van der Waals surface area contributed by atoms with Crippen molar-refractivity contribution in [3.8, 4) is 0 Å². The molecule has 0 unspecified atom stereocenters. The standard InChI is InChI=1S/C18H23N3O3/c22-13-14-5-4-8-16(11-14)21-10-9-20(12-17(21)23)18(24)19-15-6-2-1-3-7-15/h4-5,8,11,13,15H,1-3,6-7,9-10,12H2,(H,19,24). The molecule has 0 bridgehead atoms. The number of hydrogen-bond acceptors (Lipinski definition) is 3. The normalized spacial score (nSPS) is 19.2. The second-order valence-electron chi connectivity index (χ2n) is 6.46. The fourth-order valence-electron chi connectivity index (χ4n) is 3.40. The lowest BCUT2D eigenvalue weighted by Gasteiger charge is -2.35. The molecule has 2 fully saturated rings. The van der Waals surface area contributed by atoms with Crippen LogP contribution < -0.4 is 10.2 Å². The van der Waals surface area contributed by atoms with Crippen LogP contribution >= 0.6 is 0 Å². The first-order chi connectivity index (χ1) is 11.7. The van der Waals surface area contributed by atoms with Crippen LogP contribution in [-0.2, 0) is 4.79 Å². The average Bonchev–Trinajstić information content (AvgIpc) is 2.62. The van der Waals surface area contributed by atoms with Gasteiger partial charge >= 0.3 is 6.03 Å². The molecule has 1 aromatic carbocycles. The van der Waals surface area contributed by atoms with E-state index in [4.69, 9.17) is 0 Å². The molecule has 0 spiro atoms. The van der Waals surface area contributed by atoms with Gasteiger partial charge in [-0.3, -0.25) is 9.59 Å². The SMILES string of the molecule is O=Cc1cccc(N2CCN(C(=O)NC3CCCCC3)CC2=O)c1. The number of benzene rings is 1. The highest BCUT2D eigenvalue weighted by molar-refractivity contribution is 5.98. The third-order valence-electron chi connectivity index (χ3n) is 4.76. The van der Waals surface area contributed by atoms with Gasteiger partial charge in [-0.15, -0.1) is 0 Å². The number of aldehydes is 1. The Bertz CT molecular complexity index is 626. The predicted molar refractivity (Wildman–Crippen MR) is 91.2 cm³/mol. The van der Waals surface area contributed by atoms with Crippen LogP contribution in [0.2, 0.25) is 0 Å². The molecule has 128 valence electrons. The van der Waals surface area contributed by atoms with E-state index in [2.05, 4.69) is 5.32 Å².